The summed E-state index contributed by atoms with van der Waals surface area (Å²) in [5, 5.41) is 11.8. The van der Waals surface area contributed by atoms with E-state index in [9.17, 15) is 9.59 Å². The molecule has 0 saturated carbocycles. The summed E-state index contributed by atoms with van der Waals surface area (Å²) < 4.78 is 2.97. The fourth-order valence-electron chi connectivity index (χ4n) is 3.22. The van der Waals surface area contributed by atoms with Crippen molar-refractivity contribution in [3.63, 3.8) is 0 Å². The monoisotopic (exact) mass is 419 g/mol. The number of benzene rings is 1. The van der Waals surface area contributed by atoms with Gasteiger partial charge in [-0.05, 0) is 51.1 Å². The van der Waals surface area contributed by atoms with Gasteiger partial charge in [0.2, 0.25) is 5.91 Å². The van der Waals surface area contributed by atoms with Gasteiger partial charge in [0, 0.05) is 10.9 Å². The van der Waals surface area contributed by atoms with E-state index < -0.39 is 0 Å². The van der Waals surface area contributed by atoms with Gasteiger partial charge in [-0.25, -0.2) is 9.36 Å². The highest BCUT2D eigenvalue weighted by Crippen LogP contribution is 2.25. The van der Waals surface area contributed by atoms with Crippen molar-refractivity contribution in [1.29, 1.82) is 0 Å². The maximum atomic E-state index is 12.7. The lowest BCUT2D eigenvalue weighted by Crippen LogP contribution is -2.29. The van der Waals surface area contributed by atoms with Crippen LogP contribution in [0.2, 0.25) is 0 Å². The number of hydrogen-bond acceptors (Lipinski definition) is 5. The van der Waals surface area contributed by atoms with Crippen LogP contribution in [0.15, 0.2) is 59.4 Å². The van der Waals surface area contributed by atoms with Gasteiger partial charge in [-0.1, -0.05) is 18.2 Å². The number of para-hydroxylation sites is 1. The first kappa shape index (κ1) is 19.8. The first-order valence-corrected chi connectivity index (χ1v) is 10.3. The highest BCUT2D eigenvalue weighted by atomic mass is 32.1. The second kappa shape index (κ2) is 8.08. The molecular formula is C22H21N5O2S. The minimum atomic E-state index is -0.331. The van der Waals surface area contributed by atoms with E-state index in [2.05, 4.69) is 15.5 Å². The zero-order valence-electron chi connectivity index (χ0n) is 16.9. The minimum absolute atomic E-state index is 0.174. The molecule has 0 saturated heterocycles. The average Bonchev–Trinajstić information content (AvgIpc) is 3.29. The Morgan fingerprint density at radius 2 is 1.77 bits per heavy atom. The molecule has 4 rings (SSSR count). The molecule has 1 amide bonds. The van der Waals surface area contributed by atoms with E-state index >= 15 is 0 Å². The Labute approximate surface area is 177 Å². The lowest BCUT2D eigenvalue weighted by atomic mass is 10.3. The Morgan fingerprint density at radius 3 is 2.47 bits per heavy atom. The summed E-state index contributed by atoms with van der Waals surface area (Å²) in [5.74, 6) is -0.331. The second-order valence-electron chi connectivity index (χ2n) is 6.97. The van der Waals surface area contributed by atoms with Crippen LogP contribution >= 0.6 is 11.3 Å². The van der Waals surface area contributed by atoms with Crippen LogP contribution < -0.4 is 10.9 Å². The van der Waals surface area contributed by atoms with E-state index in [1.54, 1.807) is 22.1 Å². The highest BCUT2D eigenvalue weighted by Gasteiger charge is 2.16. The summed E-state index contributed by atoms with van der Waals surface area (Å²) in [6.07, 6.45) is 0. The molecule has 0 aliphatic carbocycles. The van der Waals surface area contributed by atoms with Crippen LogP contribution in [0, 0.1) is 20.8 Å². The molecule has 0 fully saturated rings. The van der Waals surface area contributed by atoms with Crippen LogP contribution in [0.5, 0.6) is 0 Å². The van der Waals surface area contributed by atoms with Gasteiger partial charge in [0.1, 0.15) is 12.2 Å². The molecule has 4 aromatic rings. The van der Waals surface area contributed by atoms with Crippen molar-refractivity contribution in [2.75, 3.05) is 5.32 Å². The van der Waals surface area contributed by atoms with Gasteiger partial charge in [0.25, 0.3) is 5.56 Å². The van der Waals surface area contributed by atoms with E-state index in [0.717, 1.165) is 21.1 Å². The zero-order chi connectivity index (χ0) is 21.3. The molecule has 0 atom stereocenters. The molecule has 0 spiro atoms. The van der Waals surface area contributed by atoms with E-state index in [1.165, 1.54) is 10.7 Å². The fraction of sp³-hybridized carbons (Fsp3) is 0.182. The number of nitrogens with zero attached hydrogens (tertiary/aromatic N) is 4. The number of carbonyl (C=O) groups is 1. The Hall–Kier alpha value is -3.52. The Balaban J connectivity index is 1.56. The quantitative estimate of drug-likeness (QED) is 0.535. The van der Waals surface area contributed by atoms with Crippen molar-refractivity contribution in [3.05, 3.63) is 81.2 Å². The number of amides is 1. The SMILES string of the molecule is Cc1ccc(-c2ccc(=O)n(CC(=O)Nc3c(C)nn(-c4ccccc4)c3C)n2)s1. The smallest absolute Gasteiger partial charge is 0.267 e. The molecular weight excluding hydrogens is 398 g/mol. The Morgan fingerprint density at radius 1 is 1.00 bits per heavy atom. The van der Waals surface area contributed by atoms with Crippen molar-refractivity contribution in [2.24, 2.45) is 0 Å². The van der Waals surface area contributed by atoms with Crippen LogP contribution in [-0.2, 0) is 11.3 Å². The lowest BCUT2D eigenvalue weighted by molar-refractivity contribution is -0.117. The number of hydrogen-bond donors (Lipinski definition) is 1. The van der Waals surface area contributed by atoms with Crippen LogP contribution in [0.1, 0.15) is 16.3 Å². The number of rotatable bonds is 5. The van der Waals surface area contributed by atoms with Crippen LogP contribution in [-0.4, -0.2) is 25.5 Å². The maximum absolute atomic E-state index is 12.7. The number of aromatic nitrogens is 4. The number of thiophene rings is 1. The van der Waals surface area contributed by atoms with Crippen molar-refractivity contribution in [2.45, 2.75) is 27.3 Å². The van der Waals surface area contributed by atoms with E-state index in [1.807, 2.05) is 63.2 Å². The third-order valence-electron chi connectivity index (χ3n) is 4.71. The standard InChI is InChI=1S/C22H21N5O2S/c1-14-9-11-19(30-14)18-10-12-21(29)26(25-18)13-20(28)23-22-15(2)24-27(16(22)3)17-7-5-4-6-8-17/h4-12H,13H2,1-3H3,(H,23,28). The van der Waals surface area contributed by atoms with Gasteiger partial charge in [0.05, 0.1) is 27.6 Å². The summed E-state index contributed by atoms with van der Waals surface area (Å²) in [6, 6.07) is 16.8. The molecule has 0 unspecified atom stereocenters. The molecule has 0 bridgehead atoms. The molecule has 0 aliphatic heterocycles. The summed E-state index contributed by atoms with van der Waals surface area (Å²) in [6.45, 7) is 5.57. The summed E-state index contributed by atoms with van der Waals surface area (Å²) in [4.78, 5) is 27.0. The largest absolute Gasteiger partial charge is 0.321 e. The number of anilines is 1. The number of carbonyl (C=O) groups excluding carboxylic acids is 1. The van der Waals surface area contributed by atoms with Crippen LogP contribution in [0.25, 0.3) is 16.3 Å². The molecule has 1 aromatic carbocycles. The van der Waals surface area contributed by atoms with Gasteiger partial charge in [-0.2, -0.15) is 10.2 Å². The van der Waals surface area contributed by atoms with Gasteiger partial charge in [-0.3, -0.25) is 9.59 Å². The first-order chi connectivity index (χ1) is 14.4. The normalized spacial score (nSPS) is 10.9. The van der Waals surface area contributed by atoms with E-state index in [-0.39, 0.29) is 18.0 Å². The molecule has 8 heteroatoms. The Bertz CT molecular complexity index is 1270. The van der Waals surface area contributed by atoms with Gasteiger partial charge < -0.3 is 5.32 Å². The number of aryl methyl sites for hydroxylation is 2. The van der Waals surface area contributed by atoms with Crippen LogP contribution in [0.4, 0.5) is 5.69 Å². The second-order valence-corrected chi connectivity index (χ2v) is 8.25. The Kier molecular flexibility index (Phi) is 5.33. The highest BCUT2D eigenvalue weighted by molar-refractivity contribution is 7.15. The van der Waals surface area contributed by atoms with Crippen molar-refractivity contribution >= 4 is 22.9 Å². The first-order valence-electron chi connectivity index (χ1n) is 9.49. The molecule has 3 aromatic heterocycles. The molecule has 7 nitrogen and oxygen atoms in total. The third-order valence-corrected chi connectivity index (χ3v) is 5.73. The van der Waals surface area contributed by atoms with Crippen molar-refractivity contribution < 1.29 is 4.79 Å². The van der Waals surface area contributed by atoms with Gasteiger partial charge in [0.15, 0.2) is 0 Å². The molecule has 152 valence electrons. The van der Waals surface area contributed by atoms with Gasteiger partial charge >= 0.3 is 0 Å². The average molecular weight is 420 g/mol. The topological polar surface area (TPSA) is 81.8 Å². The minimum Gasteiger partial charge on any atom is -0.321 e. The van der Waals surface area contributed by atoms with Gasteiger partial charge in [-0.15, -0.1) is 11.3 Å². The summed E-state index contributed by atoms with van der Waals surface area (Å²) in [7, 11) is 0. The third kappa shape index (κ3) is 3.95. The predicted octanol–water partition coefficient (Wildman–Crippen LogP) is 3.72. The zero-order valence-corrected chi connectivity index (χ0v) is 17.7. The molecule has 30 heavy (non-hydrogen) atoms. The molecule has 3 heterocycles. The summed E-state index contributed by atoms with van der Waals surface area (Å²) in [5.41, 5.74) is 3.42. The van der Waals surface area contributed by atoms with E-state index in [0.29, 0.717) is 17.1 Å². The summed E-state index contributed by atoms with van der Waals surface area (Å²) >= 11 is 1.59. The molecule has 0 aliphatic rings. The van der Waals surface area contributed by atoms with E-state index in [4.69, 9.17) is 0 Å². The van der Waals surface area contributed by atoms with Crippen molar-refractivity contribution in [1.82, 2.24) is 19.6 Å². The van der Waals surface area contributed by atoms with Crippen LogP contribution in [0.3, 0.4) is 0 Å². The maximum Gasteiger partial charge on any atom is 0.267 e. The molecule has 0 radical (unpaired) electrons. The lowest BCUT2D eigenvalue weighted by Gasteiger charge is -2.09. The predicted molar refractivity (Wildman–Crippen MR) is 118 cm³/mol. The fourth-order valence-corrected chi connectivity index (χ4v) is 4.06. The van der Waals surface area contributed by atoms with Crippen molar-refractivity contribution in [3.8, 4) is 16.3 Å². The molecule has 1 N–H and O–H groups in total. The number of nitrogens with one attached hydrogen (secondary N) is 1.